The molecular formula is C30H33ClN2O. The quantitative estimate of drug-likeness (QED) is 0.392. The first-order valence-electron chi connectivity index (χ1n) is 12.6. The monoisotopic (exact) mass is 472 g/mol. The molecule has 1 saturated heterocycles. The molecule has 0 bridgehead atoms. The lowest BCUT2D eigenvalue weighted by atomic mass is 9.78. The van der Waals surface area contributed by atoms with Crippen LogP contribution in [0.3, 0.4) is 0 Å². The van der Waals surface area contributed by atoms with E-state index < -0.39 is 0 Å². The Hall–Kier alpha value is -2.62. The van der Waals surface area contributed by atoms with E-state index in [0.29, 0.717) is 22.5 Å². The second-order valence-corrected chi connectivity index (χ2v) is 10.0. The van der Waals surface area contributed by atoms with E-state index in [1.807, 2.05) is 53.4 Å². The van der Waals surface area contributed by atoms with Crippen molar-refractivity contribution < 1.29 is 4.79 Å². The molecule has 5 rings (SSSR count). The van der Waals surface area contributed by atoms with Gasteiger partial charge in [-0.3, -0.25) is 9.69 Å². The van der Waals surface area contributed by atoms with E-state index in [-0.39, 0.29) is 11.9 Å². The fourth-order valence-electron chi connectivity index (χ4n) is 5.96. The third kappa shape index (κ3) is 4.92. The number of rotatable bonds is 5. The van der Waals surface area contributed by atoms with E-state index in [4.69, 9.17) is 11.6 Å². The van der Waals surface area contributed by atoms with Crippen LogP contribution in [-0.2, 0) is 0 Å². The van der Waals surface area contributed by atoms with Gasteiger partial charge in [-0.1, -0.05) is 85.1 Å². The zero-order valence-corrected chi connectivity index (χ0v) is 20.4. The van der Waals surface area contributed by atoms with Gasteiger partial charge in [-0.2, -0.15) is 0 Å². The molecule has 0 aromatic heterocycles. The van der Waals surface area contributed by atoms with Crippen LogP contribution < -0.4 is 4.90 Å². The highest BCUT2D eigenvalue weighted by atomic mass is 35.5. The third-order valence-corrected chi connectivity index (χ3v) is 7.98. The molecule has 2 aliphatic rings. The Kier molecular flexibility index (Phi) is 7.32. The fourth-order valence-corrected chi connectivity index (χ4v) is 6.18. The Balaban J connectivity index is 1.35. The average Bonchev–Trinajstić information content (AvgIpc) is 2.91. The molecule has 34 heavy (non-hydrogen) atoms. The van der Waals surface area contributed by atoms with Crippen molar-refractivity contribution in [1.29, 1.82) is 0 Å². The van der Waals surface area contributed by atoms with Gasteiger partial charge in [0, 0.05) is 30.9 Å². The average molecular weight is 473 g/mol. The Morgan fingerprint density at radius 1 is 0.765 bits per heavy atom. The van der Waals surface area contributed by atoms with Crippen molar-refractivity contribution in [2.45, 2.75) is 56.5 Å². The lowest BCUT2D eigenvalue weighted by Gasteiger charge is -2.45. The lowest BCUT2D eigenvalue weighted by Crippen LogP contribution is -2.51. The molecule has 1 aliphatic carbocycles. The Morgan fingerprint density at radius 3 is 2.09 bits per heavy atom. The topological polar surface area (TPSA) is 23.6 Å². The van der Waals surface area contributed by atoms with Gasteiger partial charge in [-0.15, -0.1) is 0 Å². The number of piperidine rings is 1. The number of hydrogen-bond acceptors (Lipinski definition) is 2. The van der Waals surface area contributed by atoms with Crippen molar-refractivity contribution in [2.75, 3.05) is 18.0 Å². The molecule has 0 N–H and O–H groups in total. The van der Waals surface area contributed by atoms with Gasteiger partial charge >= 0.3 is 0 Å². The predicted molar refractivity (Wildman–Crippen MR) is 141 cm³/mol. The maximum absolute atomic E-state index is 13.7. The summed E-state index contributed by atoms with van der Waals surface area (Å²) >= 11 is 6.43. The number of carbonyl (C=O) groups excluding carboxylic acids is 1. The molecule has 0 unspecified atom stereocenters. The van der Waals surface area contributed by atoms with Gasteiger partial charge in [-0.05, 0) is 61.4 Å². The van der Waals surface area contributed by atoms with Crippen LogP contribution in [0.5, 0.6) is 0 Å². The number of halogens is 1. The predicted octanol–water partition coefficient (Wildman–Crippen LogP) is 7.18. The summed E-state index contributed by atoms with van der Waals surface area (Å²) < 4.78 is 0. The number of anilines is 1. The van der Waals surface area contributed by atoms with Gasteiger partial charge < -0.3 is 4.90 Å². The van der Waals surface area contributed by atoms with Crippen LogP contribution in [0.1, 0.15) is 60.4 Å². The van der Waals surface area contributed by atoms with Crippen molar-refractivity contribution in [1.82, 2.24) is 4.90 Å². The van der Waals surface area contributed by atoms with Crippen molar-refractivity contribution >= 4 is 23.2 Å². The van der Waals surface area contributed by atoms with Crippen LogP contribution in [-0.4, -0.2) is 36.0 Å². The number of nitrogens with zero attached hydrogens (tertiary/aromatic N) is 2. The summed E-state index contributed by atoms with van der Waals surface area (Å²) in [4.78, 5) is 18.4. The first-order valence-corrected chi connectivity index (χ1v) is 13.0. The van der Waals surface area contributed by atoms with Crippen LogP contribution in [0, 0.1) is 0 Å². The third-order valence-electron chi connectivity index (χ3n) is 7.65. The number of carbonyl (C=O) groups is 1. The maximum Gasteiger partial charge on any atom is 0.260 e. The maximum atomic E-state index is 13.7. The largest absolute Gasteiger partial charge is 0.305 e. The number of hydrogen-bond donors (Lipinski definition) is 0. The van der Waals surface area contributed by atoms with Crippen LogP contribution in [0.25, 0.3) is 0 Å². The molecule has 4 heteroatoms. The van der Waals surface area contributed by atoms with Crippen LogP contribution in [0.15, 0.2) is 84.9 Å². The minimum Gasteiger partial charge on any atom is -0.305 e. The van der Waals surface area contributed by atoms with Crippen molar-refractivity contribution in [3.8, 4) is 0 Å². The number of para-hydroxylation sites is 1. The molecule has 2 atom stereocenters. The van der Waals surface area contributed by atoms with Gasteiger partial charge in [0.05, 0.1) is 10.6 Å². The highest BCUT2D eigenvalue weighted by Crippen LogP contribution is 2.38. The minimum atomic E-state index is -0.00456. The standard InChI is InChI=1S/C30H33ClN2O/c31-28-17-9-7-16-27(28)30(34)33(24-13-5-2-6-14-24)25-19-21-32(22-20-25)29-18-10-8-15-26(29)23-11-3-1-4-12-23/h1-7,9,11-14,16-17,25-26,29H,8,10,15,18-22H2/t26-,29-/m1/s1. The summed E-state index contributed by atoms with van der Waals surface area (Å²) in [5, 5.41) is 0.513. The van der Waals surface area contributed by atoms with E-state index in [1.54, 1.807) is 6.07 Å². The second kappa shape index (κ2) is 10.8. The van der Waals surface area contributed by atoms with Crippen LogP contribution in [0.4, 0.5) is 5.69 Å². The molecule has 0 radical (unpaired) electrons. The molecule has 3 aromatic carbocycles. The van der Waals surface area contributed by atoms with E-state index in [0.717, 1.165) is 31.6 Å². The summed E-state index contributed by atoms with van der Waals surface area (Å²) in [5.74, 6) is 0.608. The Labute approximate surface area is 208 Å². The number of likely N-dealkylation sites (tertiary alicyclic amines) is 1. The van der Waals surface area contributed by atoms with Crippen molar-refractivity contribution in [3.63, 3.8) is 0 Å². The van der Waals surface area contributed by atoms with E-state index in [2.05, 4.69) is 35.2 Å². The van der Waals surface area contributed by atoms with E-state index >= 15 is 0 Å². The molecule has 3 nitrogen and oxygen atoms in total. The van der Waals surface area contributed by atoms with Gasteiger partial charge in [0.1, 0.15) is 0 Å². The number of benzene rings is 3. The zero-order valence-electron chi connectivity index (χ0n) is 19.7. The van der Waals surface area contributed by atoms with Crippen LogP contribution >= 0.6 is 11.6 Å². The van der Waals surface area contributed by atoms with Gasteiger partial charge in [0.15, 0.2) is 0 Å². The van der Waals surface area contributed by atoms with E-state index in [1.165, 1.54) is 31.2 Å². The summed E-state index contributed by atoms with van der Waals surface area (Å²) in [7, 11) is 0. The molecule has 1 aliphatic heterocycles. The molecule has 3 aromatic rings. The Bertz CT molecular complexity index is 1080. The molecular weight excluding hydrogens is 440 g/mol. The first kappa shape index (κ1) is 23.1. The van der Waals surface area contributed by atoms with Gasteiger partial charge in [0.25, 0.3) is 5.91 Å². The second-order valence-electron chi connectivity index (χ2n) is 9.63. The number of amides is 1. The van der Waals surface area contributed by atoms with Crippen molar-refractivity contribution in [2.24, 2.45) is 0 Å². The highest BCUT2D eigenvalue weighted by molar-refractivity contribution is 6.34. The smallest absolute Gasteiger partial charge is 0.260 e. The molecule has 176 valence electrons. The summed E-state index contributed by atoms with van der Waals surface area (Å²) in [6.07, 6.45) is 7.13. The highest BCUT2D eigenvalue weighted by Gasteiger charge is 2.36. The van der Waals surface area contributed by atoms with Gasteiger partial charge in [-0.25, -0.2) is 0 Å². The fraction of sp³-hybridized carbons (Fsp3) is 0.367. The Morgan fingerprint density at radius 2 is 1.38 bits per heavy atom. The lowest BCUT2D eigenvalue weighted by molar-refractivity contribution is 0.0895. The zero-order chi connectivity index (χ0) is 23.3. The first-order chi connectivity index (χ1) is 16.7. The molecule has 2 fully saturated rings. The van der Waals surface area contributed by atoms with Crippen LogP contribution in [0.2, 0.25) is 5.02 Å². The molecule has 1 saturated carbocycles. The van der Waals surface area contributed by atoms with Crippen molar-refractivity contribution in [3.05, 3.63) is 101 Å². The normalized spacial score (nSPS) is 21.8. The SMILES string of the molecule is O=C(c1ccccc1Cl)N(c1ccccc1)C1CCN([C@@H]2CCCC[C@@H]2c2ccccc2)CC1. The summed E-state index contributed by atoms with van der Waals surface area (Å²) in [5.41, 5.74) is 3.01. The molecule has 1 amide bonds. The summed E-state index contributed by atoms with van der Waals surface area (Å²) in [6.45, 7) is 2.05. The summed E-state index contributed by atoms with van der Waals surface area (Å²) in [6, 6.07) is 29.3. The van der Waals surface area contributed by atoms with E-state index in [9.17, 15) is 4.79 Å². The molecule has 0 spiro atoms. The molecule has 1 heterocycles. The van der Waals surface area contributed by atoms with Gasteiger partial charge in [0.2, 0.25) is 0 Å². The minimum absolute atomic E-state index is 0.00456.